The van der Waals surface area contributed by atoms with E-state index < -0.39 is 40.9 Å². The number of amides is 3. The molecule has 2 aliphatic rings. The highest BCUT2D eigenvalue weighted by atomic mass is 35.5. The highest BCUT2D eigenvalue weighted by Gasteiger charge is 2.45. The highest BCUT2D eigenvalue weighted by molar-refractivity contribution is 6.30. The molecule has 2 aromatic rings. The molecule has 0 saturated carbocycles. The minimum atomic E-state index is -4.90. The van der Waals surface area contributed by atoms with E-state index in [2.05, 4.69) is 21.0 Å². The molecule has 4 rings (SSSR count). The first-order valence-electron chi connectivity index (χ1n) is 12.7. The van der Waals surface area contributed by atoms with Gasteiger partial charge in [-0.25, -0.2) is 9.48 Å². The second kappa shape index (κ2) is 11.8. The Balaban J connectivity index is 1.53. The number of halogens is 4. The van der Waals surface area contributed by atoms with Gasteiger partial charge >= 0.3 is 12.3 Å². The van der Waals surface area contributed by atoms with Crippen LogP contribution >= 0.6 is 11.6 Å². The molecule has 3 N–H and O–H groups in total. The van der Waals surface area contributed by atoms with Gasteiger partial charge in [0.2, 0.25) is 5.91 Å². The third kappa shape index (κ3) is 6.47. The summed E-state index contributed by atoms with van der Waals surface area (Å²) in [5.74, 6) is -1.51. The molecule has 3 heterocycles. The number of carbonyl (C=O) groups is 3. The van der Waals surface area contributed by atoms with E-state index in [-0.39, 0.29) is 31.2 Å². The molecule has 2 fully saturated rings. The number of benzene rings is 1. The zero-order valence-corrected chi connectivity index (χ0v) is 22.1. The smallest absolute Gasteiger partial charge is 0.434 e. The molecule has 0 bridgehead atoms. The second-order valence-electron chi connectivity index (χ2n) is 9.51. The lowest BCUT2D eigenvalue weighted by molar-refractivity contribution is -0.143. The summed E-state index contributed by atoms with van der Waals surface area (Å²) in [5.41, 5.74) is -3.27. The summed E-state index contributed by atoms with van der Waals surface area (Å²) >= 11 is 5.86. The van der Waals surface area contributed by atoms with Crippen molar-refractivity contribution in [3.8, 4) is 5.69 Å². The van der Waals surface area contributed by atoms with Gasteiger partial charge in [-0.05, 0) is 70.0 Å². The van der Waals surface area contributed by atoms with Gasteiger partial charge in [-0.1, -0.05) is 11.6 Å². The maximum absolute atomic E-state index is 14.2. The molecule has 212 valence electrons. The summed E-state index contributed by atoms with van der Waals surface area (Å²) in [5, 5.41) is 12.8. The van der Waals surface area contributed by atoms with E-state index >= 15 is 0 Å². The predicted molar refractivity (Wildman–Crippen MR) is 136 cm³/mol. The lowest BCUT2D eigenvalue weighted by Gasteiger charge is -2.39. The summed E-state index contributed by atoms with van der Waals surface area (Å²) in [7, 11) is 0. The maximum Gasteiger partial charge on any atom is 0.434 e. The molecule has 0 atom stereocenters. The third-order valence-electron chi connectivity index (χ3n) is 6.95. The summed E-state index contributed by atoms with van der Waals surface area (Å²) in [4.78, 5) is 40.3. The van der Waals surface area contributed by atoms with Crippen molar-refractivity contribution in [2.75, 3.05) is 32.8 Å². The number of piperidine rings is 2. The van der Waals surface area contributed by atoms with Crippen LogP contribution in [-0.2, 0) is 15.7 Å². The van der Waals surface area contributed by atoms with Gasteiger partial charge in [0.15, 0.2) is 5.69 Å². The normalized spacial score (nSPS) is 17.9. The molecule has 39 heavy (non-hydrogen) atoms. The number of carbonyl (C=O) groups excluding carboxylic acids is 3. The Morgan fingerprint density at radius 2 is 1.79 bits per heavy atom. The van der Waals surface area contributed by atoms with Crippen LogP contribution in [0.25, 0.3) is 5.69 Å². The summed E-state index contributed by atoms with van der Waals surface area (Å²) in [6.45, 7) is 3.56. The van der Waals surface area contributed by atoms with Crippen molar-refractivity contribution < 1.29 is 32.3 Å². The lowest BCUT2D eigenvalue weighted by Crippen LogP contribution is -2.64. The summed E-state index contributed by atoms with van der Waals surface area (Å²) in [6.07, 6.45) is -3.11. The molecule has 0 unspecified atom stereocenters. The monoisotopic (exact) mass is 570 g/mol. The second-order valence-corrected chi connectivity index (χ2v) is 9.95. The van der Waals surface area contributed by atoms with Crippen LogP contribution in [0.15, 0.2) is 30.5 Å². The Hall–Kier alpha value is -3.32. The van der Waals surface area contributed by atoms with Gasteiger partial charge in [-0.15, -0.1) is 0 Å². The molecule has 0 spiro atoms. The number of nitrogens with zero attached hydrogens (tertiary/aromatic N) is 3. The number of hydrogen-bond donors (Lipinski definition) is 3. The largest absolute Gasteiger partial charge is 0.450 e. The van der Waals surface area contributed by atoms with E-state index in [0.29, 0.717) is 48.7 Å². The first-order valence-corrected chi connectivity index (χ1v) is 13.1. The SMILES string of the molecule is CCOC(=O)N1CCC(NC(=O)C2(NC(=O)c3cnn(-c4ccc(Cl)cc4)c3C(F)(F)F)CCNCC2)CC1. The Kier molecular flexibility index (Phi) is 8.70. The van der Waals surface area contributed by atoms with E-state index in [4.69, 9.17) is 16.3 Å². The maximum atomic E-state index is 14.2. The number of alkyl halides is 3. The molecule has 2 aliphatic heterocycles. The number of likely N-dealkylation sites (tertiary alicyclic amines) is 1. The van der Waals surface area contributed by atoms with E-state index in [1.165, 1.54) is 24.3 Å². The van der Waals surface area contributed by atoms with Gasteiger partial charge in [0.1, 0.15) is 5.54 Å². The number of rotatable bonds is 6. The first-order chi connectivity index (χ1) is 18.5. The number of hydrogen-bond acceptors (Lipinski definition) is 6. The van der Waals surface area contributed by atoms with Crippen LogP contribution in [0, 0.1) is 0 Å². The highest BCUT2D eigenvalue weighted by Crippen LogP contribution is 2.34. The molecular formula is C25H30ClF3N6O4. The van der Waals surface area contributed by atoms with E-state index in [1.54, 1.807) is 11.8 Å². The molecule has 14 heteroatoms. The zero-order valence-electron chi connectivity index (χ0n) is 21.3. The Morgan fingerprint density at radius 3 is 2.38 bits per heavy atom. The van der Waals surface area contributed by atoms with Gasteiger partial charge in [-0.2, -0.15) is 18.3 Å². The van der Waals surface area contributed by atoms with Crippen molar-refractivity contribution >= 4 is 29.5 Å². The van der Waals surface area contributed by atoms with E-state index in [0.717, 1.165) is 6.20 Å². The van der Waals surface area contributed by atoms with Gasteiger partial charge < -0.3 is 25.6 Å². The molecule has 0 aliphatic carbocycles. The number of ether oxygens (including phenoxy) is 1. The van der Waals surface area contributed by atoms with E-state index in [1.807, 2.05) is 0 Å². The van der Waals surface area contributed by atoms with Gasteiger partial charge in [-0.3, -0.25) is 9.59 Å². The van der Waals surface area contributed by atoms with Crippen LogP contribution in [0.4, 0.5) is 18.0 Å². The summed E-state index contributed by atoms with van der Waals surface area (Å²) < 4.78 is 48.1. The minimum absolute atomic E-state index is 0.0780. The average molecular weight is 571 g/mol. The van der Waals surface area contributed by atoms with Crippen LogP contribution < -0.4 is 16.0 Å². The Morgan fingerprint density at radius 1 is 1.15 bits per heavy atom. The quantitative estimate of drug-likeness (QED) is 0.491. The van der Waals surface area contributed by atoms with Crippen molar-refractivity contribution in [2.24, 2.45) is 0 Å². The van der Waals surface area contributed by atoms with E-state index in [9.17, 15) is 27.6 Å². The Bertz CT molecular complexity index is 1190. The van der Waals surface area contributed by atoms with Crippen molar-refractivity contribution in [1.29, 1.82) is 0 Å². The fourth-order valence-corrected chi connectivity index (χ4v) is 4.98. The third-order valence-corrected chi connectivity index (χ3v) is 7.21. The van der Waals surface area contributed by atoms with Crippen molar-refractivity contribution in [3.05, 3.63) is 46.7 Å². The van der Waals surface area contributed by atoms with Crippen LogP contribution in [0.2, 0.25) is 5.02 Å². The van der Waals surface area contributed by atoms with Gasteiger partial charge in [0.25, 0.3) is 5.91 Å². The topological polar surface area (TPSA) is 118 Å². The van der Waals surface area contributed by atoms with Crippen LogP contribution in [0.3, 0.4) is 0 Å². The first kappa shape index (κ1) is 28.7. The standard InChI is InChI=1S/C25H30ClF3N6O4/c1-2-39-23(38)34-13-7-17(8-14-34)32-22(37)24(9-11-30-12-10-24)33-21(36)19-15-31-35(20(19)25(27,28)29)18-5-3-16(26)4-6-18/h3-6,15,17,30H,2,7-14H2,1H3,(H,32,37)(H,33,36). The molecule has 10 nitrogen and oxygen atoms in total. The fraction of sp³-hybridized carbons (Fsp3) is 0.520. The predicted octanol–water partition coefficient (Wildman–Crippen LogP) is 3.13. The van der Waals surface area contributed by atoms with Crippen LogP contribution in [0.5, 0.6) is 0 Å². The van der Waals surface area contributed by atoms with Crippen molar-refractivity contribution in [2.45, 2.75) is 50.4 Å². The molecular weight excluding hydrogens is 541 g/mol. The van der Waals surface area contributed by atoms with Crippen LogP contribution in [0.1, 0.15) is 48.7 Å². The fourth-order valence-electron chi connectivity index (χ4n) is 4.86. The van der Waals surface area contributed by atoms with Crippen molar-refractivity contribution in [3.63, 3.8) is 0 Å². The van der Waals surface area contributed by atoms with Gasteiger partial charge in [0.05, 0.1) is 24.1 Å². The molecule has 1 aromatic heterocycles. The molecule has 3 amide bonds. The molecule has 2 saturated heterocycles. The lowest BCUT2D eigenvalue weighted by atomic mass is 9.86. The van der Waals surface area contributed by atoms with Crippen LogP contribution in [-0.4, -0.2) is 77.0 Å². The van der Waals surface area contributed by atoms with Gasteiger partial charge in [0, 0.05) is 24.2 Å². The zero-order chi connectivity index (χ0) is 28.2. The van der Waals surface area contributed by atoms with Crippen molar-refractivity contribution in [1.82, 2.24) is 30.6 Å². The molecule has 0 radical (unpaired) electrons. The average Bonchev–Trinajstić information content (AvgIpc) is 3.37. The molecule has 1 aromatic carbocycles. The Labute approximate surface area is 228 Å². The minimum Gasteiger partial charge on any atom is -0.450 e. The number of aromatic nitrogens is 2. The summed E-state index contributed by atoms with van der Waals surface area (Å²) in [6, 6.07) is 5.31. The number of nitrogens with one attached hydrogen (secondary N) is 3.